The van der Waals surface area contributed by atoms with Crippen LogP contribution in [0.15, 0.2) is 46.3 Å². The van der Waals surface area contributed by atoms with Crippen molar-refractivity contribution < 1.29 is 14.3 Å². The largest absolute Gasteiger partial charge is 0.495 e. The number of anilines is 1. The van der Waals surface area contributed by atoms with E-state index in [9.17, 15) is 9.59 Å². The van der Waals surface area contributed by atoms with Gasteiger partial charge in [0, 0.05) is 12.1 Å². The van der Waals surface area contributed by atoms with E-state index < -0.39 is 5.25 Å². The van der Waals surface area contributed by atoms with Crippen molar-refractivity contribution in [3.63, 3.8) is 0 Å². The van der Waals surface area contributed by atoms with Crippen molar-refractivity contribution in [3.8, 4) is 5.75 Å². The number of benzene rings is 2. The molecular formula is C22H24ClN3O4S. The lowest BCUT2D eigenvalue weighted by molar-refractivity contribution is -0.115. The number of hydrogen-bond donors (Lipinski definition) is 1. The number of carbonyl (C=O) groups is 1. The van der Waals surface area contributed by atoms with Crippen molar-refractivity contribution in [2.75, 3.05) is 26.1 Å². The van der Waals surface area contributed by atoms with Crippen LogP contribution in [0.5, 0.6) is 5.75 Å². The smallest absolute Gasteiger partial charge is 0.262 e. The van der Waals surface area contributed by atoms with Crippen LogP contribution in [0.1, 0.15) is 12.5 Å². The number of fused-ring (bicyclic) bond motifs is 1. The van der Waals surface area contributed by atoms with Gasteiger partial charge >= 0.3 is 0 Å². The van der Waals surface area contributed by atoms with Gasteiger partial charge in [-0.25, -0.2) is 4.98 Å². The van der Waals surface area contributed by atoms with E-state index in [0.717, 1.165) is 5.56 Å². The lowest BCUT2D eigenvalue weighted by atomic mass is 10.2. The molecule has 0 aliphatic heterocycles. The van der Waals surface area contributed by atoms with Crippen LogP contribution in [-0.4, -0.2) is 41.5 Å². The van der Waals surface area contributed by atoms with Gasteiger partial charge in [0.2, 0.25) is 5.91 Å². The number of carbonyl (C=O) groups excluding carboxylic acids is 1. The number of thioether (sulfide) groups is 1. The van der Waals surface area contributed by atoms with Crippen molar-refractivity contribution in [1.29, 1.82) is 0 Å². The molecule has 0 bridgehead atoms. The van der Waals surface area contributed by atoms with Gasteiger partial charge in [0.05, 0.1) is 42.1 Å². The van der Waals surface area contributed by atoms with E-state index in [4.69, 9.17) is 21.1 Å². The minimum Gasteiger partial charge on any atom is -0.495 e. The average molecular weight is 462 g/mol. The molecule has 0 saturated heterocycles. The third-order valence-electron chi connectivity index (χ3n) is 4.67. The van der Waals surface area contributed by atoms with Crippen LogP contribution >= 0.6 is 23.4 Å². The Morgan fingerprint density at radius 3 is 2.74 bits per heavy atom. The van der Waals surface area contributed by atoms with Crippen LogP contribution in [0.25, 0.3) is 10.9 Å². The molecule has 1 amide bonds. The highest BCUT2D eigenvalue weighted by Gasteiger charge is 2.21. The van der Waals surface area contributed by atoms with Crippen LogP contribution in [0.3, 0.4) is 0 Å². The molecule has 0 fully saturated rings. The Morgan fingerprint density at radius 2 is 2.03 bits per heavy atom. The number of nitrogens with one attached hydrogen (secondary N) is 1. The fourth-order valence-corrected chi connectivity index (χ4v) is 4.11. The van der Waals surface area contributed by atoms with Gasteiger partial charge in [-0.15, -0.1) is 0 Å². The summed E-state index contributed by atoms with van der Waals surface area (Å²) in [6.07, 6.45) is 0. The van der Waals surface area contributed by atoms with E-state index in [-0.39, 0.29) is 11.5 Å². The van der Waals surface area contributed by atoms with Crippen LogP contribution in [-0.2, 0) is 16.1 Å². The summed E-state index contributed by atoms with van der Waals surface area (Å²) in [5, 5.41) is 3.75. The van der Waals surface area contributed by atoms with Gasteiger partial charge in [0.1, 0.15) is 5.75 Å². The molecular weight excluding hydrogens is 438 g/mol. The minimum absolute atomic E-state index is 0.200. The van der Waals surface area contributed by atoms with Gasteiger partial charge in [0.25, 0.3) is 5.56 Å². The molecule has 3 aromatic rings. The first kappa shape index (κ1) is 23.1. The molecule has 164 valence electrons. The number of rotatable bonds is 8. The maximum atomic E-state index is 13.0. The molecule has 31 heavy (non-hydrogen) atoms. The topological polar surface area (TPSA) is 82.4 Å². The summed E-state index contributed by atoms with van der Waals surface area (Å²) in [6, 6.07) is 10.5. The molecule has 0 aliphatic carbocycles. The van der Waals surface area contributed by atoms with Gasteiger partial charge in [-0.05, 0) is 49.7 Å². The van der Waals surface area contributed by atoms with Gasteiger partial charge in [-0.2, -0.15) is 0 Å². The first-order valence-corrected chi connectivity index (χ1v) is 10.9. The fraction of sp³-hybridized carbons (Fsp3) is 0.318. The normalized spacial score (nSPS) is 12.0. The summed E-state index contributed by atoms with van der Waals surface area (Å²) in [5.41, 5.74) is 1.88. The fourth-order valence-electron chi connectivity index (χ4n) is 3.01. The molecule has 1 N–H and O–H groups in total. The second kappa shape index (κ2) is 10.2. The number of aromatic nitrogens is 2. The van der Waals surface area contributed by atoms with Crippen LogP contribution in [0.4, 0.5) is 5.69 Å². The third kappa shape index (κ3) is 5.39. The molecule has 1 unspecified atom stereocenters. The zero-order valence-electron chi connectivity index (χ0n) is 17.8. The van der Waals surface area contributed by atoms with Crippen LogP contribution in [0.2, 0.25) is 5.02 Å². The number of amides is 1. The van der Waals surface area contributed by atoms with Crippen molar-refractivity contribution in [2.24, 2.45) is 0 Å². The van der Waals surface area contributed by atoms with E-state index in [1.807, 2.05) is 19.1 Å². The van der Waals surface area contributed by atoms with E-state index >= 15 is 0 Å². The summed E-state index contributed by atoms with van der Waals surface area (Å²) >= 11 is 7.28. The first-order chi connectivity index (χ1) is 14.8. The molecule has 1 aromatic heterocycles. The van der Waals surface area contributed by atoms with Crippen LogP contribution < -0.4 is 15.6 Å². The molecule has 1 atom stereocenters. The summed E-state index contributed by atoms with van der Waals surface area (Å²) in [7, 11) is 3.12. The van der Waals surface area contributed by atoms with E-state index in [2.05, 4.69) is 10.3 Å². The highest BCUT2D eigenvalue weighted by atomic mass is 35.5. The van der Waals surface area contributed by atoms with Gasteiger partial charge in [-0.1, -0.05) is 29.4 Å². The van der Waals surface area contributed by atoms with E-state index in [1.165, 1.54) is 16.3 Å². The molecule has 2 aromatic carbocycles. The second-order valence-corrected chi connectivity index (χ2v) is 8.70. The first-order valence-electron chi connectivity index (χ1n) is 9.65. The van der Waals surface area contributed by atoms with E-state index in [0.29, 0.717) is 45.7 Å². The lowest BCUT2D eigenvalue weighted by Gasteiger charge is -2.17. The number of methoxy groups -OCH3 is 2. The molecule has 0 saturated carbocycles. The lowest BCUT2D eigenvalue weighted by Crippen LogP contribution is -2.28. The molecule has 7 nitrogen and oxygen atoms in total. The molecule has 1 heterocycles. The predicted molar refractivity (Wildman–Crippen MR) is 125 cm³/mol. The molecule has 0 aliphatic rings. The predicted octanol–water partition coefficient (Wildman–Crippen LogP) is 4.13. The number of halogens is 1. The average Bonchev–Trinajstić information content (AvgIpc) is 2.73. The van der Waals surface area contributed by atoms with Crippen LogP contribution in [0, 0.1) is 6.92 Å². The van der Waals surface area contributed by atoms with Crippen molar-refractivity contribution >= 4 is 45.9 Å². The summed E-state index contributed by atoms with van der Waals surface area (Å²) in [6.45, 7) is 4.36. The monoisotopic (exact) mass is 461 g/mol. The minimum atomic E-state index is -0.525. The Labute approximate surface area is 189 Å². The molecule has 3 rings (SSSR count). The summed E-state index contributed by atoms with van der Waals surface area (Å²) < 4.78 is 12.0. The Hall–Kier alpha value is -2.55. The van der Waals surface area contributed by atoms with Gasteiger partial charge in [-0.3, -0.25) is 14.2 Å². The number of hydrogen-bond acceptors (Lipinski definition) is 6. The number of aryl methyl sites for hydroxylation is 1. The van der Waals surface area contributed by atoms with Gasteiger partial charge < -0.3 is 14.8 Å². The Morgan fingerprint density at radius 1 is 1.26 bits per heavy atom. The van der Waals surface area contributed by atoms with Crippen molar-refractivity contribution in [3.05, 3.63) is 57.3 Å². The molecule has 0 spiro atoms. The zero-order valence-corrected chi connectivity index (χ0v) is 19.3. The molecule has 9 heteroatoms. The van der Waals surface area contributed by atoms with Crippen molar-refractivity contribution in [2.45, 2.75) is 30.8 Å². The second-order valence-electron chi connectivity index (χ2n) is 6.96. The number of nitrogens with zero attached hydrogens (tertiary/aromatic N) is 2. The zero-order chi connectivity index (χ0) is 22.5. The summed E-state index contributed by atoms with van der Waals surface area (Å²) in [4.78, 5) is 30.5. The summed E-state index contributed by atoms with van der Waals surface area (Å²) in [5.74, 6) is 0.347. The Kier molecular flexibility index (Phi) is 7.59. The standard InChI is InChI=1S/C22H24ClN3O4S/c1-13-5-8-19(30-4)18(11-13)24-20(27)14(2)31-22-25-17-12-15(23)6-7-16(17)21(28)26(22)9-10-29-3/h5-8,11-12,14H,9-10H2,1-4H3,(H,24,27). The van der Waals surface area contributed by atoms with E-state index in [1.54, 1.807) is 45.4 Å². The SMILES string of the molecule is COCCn1c(SC(C)C(=O)Nc2cc(C)ccc2OC)nc2cc(Cl)ccc2c1=O. The third-order valence-corrected chi connectivity index (χ3v) is 5.99. The maximum absolute atomic E-state index is 13.0. The quantitative estimate of drug-likeness (QED) is 0.401. The van der Waals surface area contributed by atoms with Gasteiger partial charge in [0.15, 0.2) is 5.16 Å². The Bertz CT molecular complexity index is 1170. The number of ether oxygens (including phenoxy) is 2. The highest BCUT2D eigenvalue weighted by Crippen LogP contribution is 2.28. The Balaban J connectivity index is 1.91. The highest BCUT2D eigenvalue weighted by molar-refractivity contribution is 8.00. The maximum Gasteiger partial charge on any atom is 0.262 e. The molecule has 0 radical (unpaired) electrons. The van der Waals surface area contributed by atoms with Crippen molar-refractivity contribution in [1.82, 2.24) is 9.55 Å².